The Labute approximate surface area is 210 Å². The zero-order valence-electron chi connectivity index (χ0n) is 19.6. The van der Waals surface area contributed by atoms with E-state index in [9.17, 15) is 14.7 Å². The molecule has 0 saturated heterocycles. The molecule has 0 aromatic heterocycles. The van der Waals surface area contributed by atoms with E-state index in [2.05, 4.69) is 10.6 Å². The van der Waals surface area contributed by atoms with Crippen LogP contribution < -0.4 is 10.6 Å². The van der Waals surface area contributed by atoms with Gasteiger partial charge in [0.2, 0.25) is 0 Å². The van der Waals surface area contributed by atoms with Crippen molar-refractivity contribution < 1.29 is 14.7 Å². The number of aliphatic hydroxyl groups is 1. The summed E-state index contributed by atoms with van der Waals surface area (Å²) in [7, 11) is 3.86. The molecular formula is C27H27ClN4O3. The third-order valence-electron chi connectivity index (χ3n) is 5.50. The van der Waals surface area contributed by atoms with Gasteiger partial charge in [-0.2, -0.15) is 5.26 Å². The molecule has 0 bridgehead atoms. The van der Waals surface area contributed by atoms with Crippen LogP contribution in [-0.2, 0) is 16.8 Å². The predicted octanol–water partition coefficient (Wildman–Crippen LogP) is 3.57. The first-order valence-corrected chi connectivity index (χ1v) is 11.4. The highest BCUT2D eigenvalue weighted by Crippen LogP contribution is 2.29. The van der Waals surface area contributed by atoms with Crippen LogP contribution in [0.1, 0.15) is 27.0 Å². The maximum absolute atomic E-state index is 13.3. The third kappa shape index (κ3) is 6.67. The van der Waals surface area contributed by atoms with E-state index in [0.29, 0.717) is 28.9 Å². The van der Waals surface area contributed by atoms with Crippen LogP contribution in [0.2, 0.25) is 5.02 Å². The molecule has 7 nitrogen and oxygen atoms in total. The van der Waals surface area contributed by atoms with Gasteiger partial charge in [-0.1, -0.05) is 54.1 Å². The van der Waals surface area contributed by atoms with Crippen LogP contribution in [0.4, 0.5) is 5.69 Å². The highest BCUT2D eigenvalue weighted by atomic mass is 35.5. The first-order chi connectivity index (χ1) is 16.7. The summed E-state index contributed by atoms with van der Waals surface area (Å²) in [5, 5.41) is 26.4. The van der Waals surface area contributed by atoms with E-state index in [1.54, 1.807) is 60.7 Å². The van der Waals surface area contributed by atoms with E-state index in [1.807, 2.05) is 25.1 Å². The number of hydrogen-bond acceptors (Lipinski definition) is 5. The van der Waals surface area contributed by atoms with E-state index in [-0.39, 0.29) is 22.9 Å². The molecule has 35 heavy (non-hydrogen) atoms. The number of hydrogen-bond donors (Lipinski definition) is 3. The van der Waals surface area contributed by atoms with Crippen molar-refractivity contribution in [3.8, 4) is 6.07 Å². The first kappa shape index (κ1) is 25.9. The van der Waals surface area contributed by atoms with Gasteiger partial charge in [0.05, 0.1) is 10.6 Å². The SMILES string of the molecule is CN(C)CCNC(=O)c1ccc(CC(O)(C(=O)Nc2ccc(C#N)c(Cl)c2)c2ccccc2)cc1. The Hall–Kier alpha value is -3.70. The smallest absolute Gasteiger partial charge is 0.261 e. The predicted molar refractivity (Wildman–Crippen MR) is 136 cm³/mol. The molecule has 3 rings (SSSR count). The number of rotatable bonds is 9. The number of carbonyl (C=O) groups is 2. The molecule has 3 aromatic carbocycles. The quantitative estimate of drug-likeness (QED) is 0.425. The molecule has 2 amide bonds. The van der Waals surface area contributed by atoms with Crippen LogP contribution >= 0.6 is 11.6 Å². The van der Waals surface area contributed by atoms with E-state index in [4.69, 9.17) is 16.9 Å². The molecule has 0 aliphatic carbocycles. The van der Waals surface area contributed by atoms with Crippen molar-refractivity contribution in [3.63, 3.8) is 0 Å². The second-order valence-corrected chi connectivity index (χ2v) is 8.83. The molecule has 0 saturated carbocycles. The number of halogens is 1. The molecule has 0 fully saturated rings. The molecule has 180 valence electrons. The molecule has 8 heteroatoms. The van der Waals surface area contributed by atoms with Crippen molar-refractivity contribution in [2.24, 2.45) is 0 Å². The normalized spacial score (nSPS) is 12.5. The number of benzene rings is 3. The number of likely N-dealkylation sites (N-methyl/N-ethyl adjacent to an activating group) is 1. The number of nitrogens with zero attached hydrogens (tertiary/aromatic N) is 2. The summed E-state index contributed by atoms with van der Waals surface area (Å²) in [5.41, 5.74) is 0.341. The highest BCUT2D eigenvalue weighted by Gasteiger charge is 2.38. The van der Waals surface area contributed by atoms with Crippen LogP contribution in [-0.4, -0.2) is 49.0 Å². The van der Waals surface area contributed by atoms with Crippen molar-refractivity contribution in [2.75, 3.05) is 32.5 Å². The summed E-state index contributed by atoms with van der Waals surface area (Å²) in [6, 6.07) is 21.9. The van der Waals surface area contributed by atoms with Crippen molar-refractivity contribution in [2.45, 2.75) is 12.0 Å². The largest absolute Gasteiger partial charge is 0.375 e. The van der Waals surface area contributed by atoms with Gasteiger partial charge >= 0.3 is 0 Å². The van der Waals surface area contributed by atoms with Crippen molar-refractivity contribution in [1.29, 1.82) is 5.26 Å². The summed E-state index contributed by atoms with van der Waals surface area (Å²) in [6.45, 7) is 1.26. The summed E-state index contributed by atoms with van der Waals surface area (Å²) >= 11 is 6.09. The lowest BCUT2D eigenvalue weighted by Gasteiger charge is -2.28. The maximum Gasteiger partial charge on any atom is 0.261 e. The fourth-order valence-electron chi connectivity index (χ4n) is 3.51. The topological polar surface area (TPSA) is 105 Å². The molecule has 1 atom stereocenters. The van der Waals surface area contributed by atoms with Crippen molar-refractivity contribution in [1.82, 2.24) is 10.2 Å². The minimum absolute atomic E-state index is 0.0185. The highest BCUT2D eigenvalue weighted by molar-refractivity contribution is 6.32. The van der Waals surface area contributed by atoms with Crippen LogP contribution in [0.3, 0.4) is 0 Å². The van der Waals surface area contributed by atoms with Gasteiger partial charge in [0.25, 0.3) is 11.8 Å². The van der Waals surface area contributed by atoms with Gasteiger partial charge in [-0.05, 0) is 55.6 Å². The van der Waals surface area contributed by atoms with E-state index < -0.39 is 11.5 Å². The van der Waals surface area contributed by atoms with E-state index >= 15 is 0 Å². The fraction of sp³-hybridized carbons (Fsp3) is 0.222. The molecule has 0 heterocycles. The second-order valence-electron chi connectivity index (χ2n) is 8.42. The molecule has 3 N–H and O–H groups in total. The van der Waals surface area contributed by atoms with Crippen LogP contribution in [0.25, 0.3) is 0 Å². The Morgan fingerprint density at radius 3 is 2.34 bits per heavy atom. The Morgan fingerprint density at radius 1 is 1.06 bits per heavy atom. The number of anilines is 1. The van der Waals surface area contributed by atoms with Gasteiger partial charge in [-0.25, -0.2) is 0 Å². The maximum atomic E-state index is 13.3. The monoisotopic (exact) mass is 490 g/mol. The van der Waals surface area contributed by atoms with Crippen LogP contribution in [0, 0.1) is 11.3 Å². The Bertz CT molecular complexity index is 1220. The molecule has 1 unspecified atom stereocenters. The summed E-state index contributed by atoms with van der Waals surface area (Å²) < 4.78 is 0. The average Bonchev–Trinajstić information content (AvgIpc) is 2.84. The number of nitrogens with one attached hydrogen (secondary N) is 2. The van der Waals surface area contributed by atoms with Gasteiger partial charge in [-0.3, -0.25) is 9.59 Å². The van der Waals surface area contributed by atoms with Crippen LogP contribution in [0.5, 0.6) is 0 Å². The lowest BCUT2D eigenvalue weighted by atomic mass is 9.86. The second kappa shape index (κ2) is 11.6. The first-order valence-electron chi connectivity index (χ1n) is 11.0. The minimum Gasteiger partial charge on any atom is -0.375 e. The number of nitriles is 1. The summed E-state index contributed by atoms with van der Waals surface area (Å²) in [4.78, 5) is 27.6. The van der Waals surface area contributed by atoms with Gasteiger partial charge in [0.1, 0.15) is 6.07 Å². The van der Waals surface area contributed by atoms with Crippen molar-refractivity contribution in [3.05, 3.63) is 100 Å². The molecule has 3 aromatic rings. The van der Waals surface area contributed by atoms with Gasteiger partial charge in [0, 0.05) is 30.8 Å². The lowest BCUT2D eigenvalue weighted by Crippen LogP contribution is -2.42. The fourth-order valence-corrected chi connectivity index (χ4v) is 3.73. The number of carbonyl (C=O) groups excluding carboxylic acids is 2. The zero-order chi connectivity index (χ0) is 25.4. The molecule has 0 spiro atoms. The lowest BCUT2D eigenvalue weighted by molar-refractivity contribution is -0.135. The summed E-state index contributed by atoms with van der Waals surface area (Å²) in [5.74, 6) is -0.831. The van der Waals surface area contributed by atoms with Crippen molar-refractivity contribution >= 4 is 29.1 Å². The standard InChI is InChI=1S/C27H27ClN4O3/c1-32(2)15-14-30-25(33)20-10-8-19(9-11-20)17-27(35,22-6-4-3-5-7-22)26(34)31-23-13-12-21(18-29)24(28)16-23/h3-13,16,35H,14-15,17H2,1-2H3,(H,30,33)(H,31,34). The Morgan fingerprint density at radius 2 is 1.74 bits per heavy atom. The zero-order valence-corrected chi connectivity index (χ0v) is 20.3. The molecule has 0 radical (unpaired) electrons. The minimum atomic E-state index is -1.89. The van der Waals surface area contributed by atoms with Gasteiger partial charge < -0.3 is 20.6 Å². The van der Waals surface area contributed by atoms with E-state index in [0.717, 1.165) is 6.54 Å². The average molecular weight is 491 g/mol. The third-order valence-corrected chi connectivity index (χ3v) is 5.81. The summed E-state index contributed by atoms with van der Waals surface area (Å²) in [6.07, 6.45) is -0.0185. The number of amides is 2. The van der Waals surface area contributed by atoms with Gasteiger partial charge in [0.15, 0.2) is 5.60 Å². The molecular weight excluding hydrogens is 464 g/mol. The Kier molecular flexibility index (Phi) is 8.61. The molecule has 0 aliphatic rings. The molecule has 0 aliphatic heterocycles. The van der Waals surface area contributed by atoms with E-state index in [1.165, 1.54) is 12.1 Å². The van der Waals surface area contributed by atoms with Crippen LogP contribution in [0.15, 0.2) is 72.8 Å². The Balaban J connectivity index is 1.81. The van der Waals surface area contributed by atoms with Gasteiger partial charge in [-0.15, -0.1) is 0 Å².